The van der Waals surface area contributed by atoms with Crippen LogP contribution in [0.25, 0.3) is 0 Å². The summed E-state index contributed by atoms with van der Waals surface area (Å²) in [5.74, 6) is -0.766. The third kappa shape index (κ3) is 4.56. The van der Waals surface area contributed by atoms with Crippen LogP contribution < -0.4 is 10.9 Å². The van der Waals surface area contributed by atoms with E-state index in [1.54, 1.807) is 31.3 Å². The number of nitrogens with zero attached hydrogens (tertiary/aromatic N) is 1. The highest BCUT2D eigenvalue weighted by Gasteiger charge is 2.12. The number of rotatable bonds is 5. The summed E-state index contributed by atoms with van der Waals surface area (Å²) in [6.07, 6.45) is 6.06. The lowest BCUT2D eigenvalue weighted by Gasteiger charge is -2.10. The third-order valence-corrected chi connectivity index (χ3v) is 2.84. The van der Waals surface area contributed by atoms with Crippen molar-refractivity contribution < 1.29 is 9.18 Å². The van der Waals surface area contributed by atoms with E-state index in [2.05, 4.69) is 11.9 Å². The topological polar surface area (TPSA) is 51.1 Å². The number of aryl methyl sites for hydroxylation is 1. The fourth-order valence-corrected chi connectivity index (χ4v) is 1.80. The van der Waals surface area contributed by atoms with E-state index in [1.165, 1.54) is 24.6 Å². The van der Waals surface area contributed by atoms with Crippen molar-refractivity contribution in [3.8, 4) is 0 Å². The van der Waals surface area contributed by atoms with E-state index in [0.29, 0.717) is 5.57 Å². The average molecular weight is 290 g/mol. The summed E-state index contributed by atoms with van der Waals surface area (Å²) in [7, 11) is 1.47. The molecule has 21 heavy (non-hydrogen) atoms. The second-order valence-electron chi connectivity index (χ2n) is 4.64. The maximum Gasteiger partial charge on any atom is 0.263 e. The first-order valence-electron chi connectivity index (χ1n) is 6.47. The van der Waals surface area contributed by atoms with E-state index in [9.17, 15) is 14.0 Å². The molecule has 1 N–H and O–H groups in total. The van der Waals surface area contributed by atoms with Crippen LogP contribution >= 0.6 is 0 Å². The molecule has 1 amide bonds. The lowest BCUT2D eigenvalue weighted by molar-refractivity contribution is 0.0961. The Balaban J connectivity index is 3.25. The van der Waals surface area contributed by atoms with Crippen LogP contribution in [-0.4, -0.2) is 17.5 Å². The first-order valence-corrected chi connectivity index (χ1v) is 6.47. The fourth-order valence-electron chi connectivity index (χ4n) is 1.80. The largest absolute Gasteiger partial charge is 0.355 e. The van der Waals surface area contributed by atoms with Crippen molar-refractivity contribution in [3.05, 3.63) is 70.0 Å². The molecule has 1 heterocycles. The van der Waals surface area contributed by atoms with Crippen molar-refractivity contribution in [1.29, 1.82) is 0 Å². The first kappa shape index (κ1) is 16.6. The Morgan fingerprint density at radius 1 is 1.48 bits per heavy atom. The molecular formula is C16H19FN2O2. The molecule has 0 aliphatic carbocycles. The Hall–Kier alpha value is -2.43. The van der Waals surface area contributed by atoms with Crippen molar-refractivity contribution >= 4 is 5.91 Å². The van der Waals surface area contributed by atoms with Gasteiger partial charge in [-0.2, -0.15) is 0 Å². The molecule has 0 spiro atoms. The number of carbonyl (C=O) groups excluding carboxylic acids is 1. The van der Waals surface area contributed by atoms with Crippen molar-refractivity contribution in [1.82, 2.24) is 9.88 Å². The summed E-state index contributed by atoms with van der Waals surface area (Å²) in [5.41, 5.74) is 1.14. The predicted molar refractivity (Wildman–Crippen MR) is 82.0 cm³/mol. The van der Waals surface area contributed by atoms with Crippen LogP contribution in [-0.2, 0) is 6.54 Å². The number of carbonyl (C=O) groups is 1. The highest BCUT2D eigenvalue weighted by molar-refractivity contribution is 5.93. The number of aromatic nitrogens is 1. The van der Waals surface area contributed by atoms with Crippen LogP contribution in [0.1, 0.15) is 22.8 Å². The number of pyridine rings is 1. The summed E-state index contributed by atoms with van der Waals surface area (Å²) in [6, 6.07) is 1.54. The molecule has 1 rings (SSSR count). The van der Waals surface area contributed by atoms with Gasteiger partial charge in [0.25, 0.3) is 11.5 Å². The van der Waals surface area contributed by atoms with Crippen LogP contribution in [0.2, 0.25) is 0 Å². The second kappa shape index (κ2) is 7.38. The van der Waals surface area contributed by atoms with Gasteiger partial charge in [0.05, 0.1) is 12.4 Å². The molecular weight excluding hydrogens is 271 g/mol. The Morgan fingerprint density at radius 3 is 2.67 bits per heavy atom. The van der Waals surface area contributed by atoms with Crippen molar-refractivity contribution in [2.24, 2.45) is 0 Å². The quantitative estimate of drug-likeness (QED) is 0.847. The van der Waals surface area contributed by atoms with Crippen molar-refractivity contribution in [2.75, 3.05) is 7.05 Å². The molecule has 1 aromatic heterocycles. The molecule has 4 nitrogen and oxygen atoms in total. The molecule has 0 aliphatic heterocycles. The van der Waals surface area contributed by atoms with Gasteiger partial charge in [-0.3, -0.25) is 9.59 Å². The zero-order valence-electron chi connectivity index (χ0n) is 12.4. The molecule has 0 unspecified atom stereocenters. The van der Waals surface area contributed by atoms with Gasteiger partial charge in [-0.1, -0.05) is 18.7 Å². The van der Waals surface area contributed by atoms with E-state index in [-0.39, 0.29) is 17.9 Å². The lowest BCUT2D eigenvalue weighted by Crippen LogP contribution is -2.31. The molecule has 0 fully saturated rings. The molecule has 112 valence electrons. The van der Waals surface area contributed by atoms with E-state index >= 15 is 0 Å². The first-order chi connectivity index (χ1) is 9.88. The smallest absolute Gasteiger partial charge is 0.263 e. The minimum atomic E-state index is -0.430. The number of hydrogen-bond acceptors (Lipinski definition) is 2. The van der Waals surface area contributed by atoms with Gasteiger partial charge in [0.1, 0.15) is 5.56 Å². The van der Waals surface area contributed by atoms with Gasteiger partial charge in [0.15, 0.2) is 0 Å². The van der Waals surface area contributed by atoms with Gasteiger partial charge < -0.3 is 9.88 Å². The predicted octanol–water partition coefficient (Wildman–Crippen LogP) is 2.50. The molecule has 5 heteroatoms. The van der Waals surface area contributed by atoms with Crippen LogP contribution in [0.15, 0.2) is 53.3 Å². The number of nitrogens with one attached hydrogen (secondary N) is 1. The van der Waals surface area contributed by atoms with Gasteiger partial charge >= 0.3 is 0 Å². The van der Waals surface area contributed by atoms with Gasteiger partial charge in [-0.15, -0.1) is 0 Å². The zero-order chi connectivity index (χ0) is 16.0. The summed E-state index contributed by atoms with van der Waals surface area (Å²) >= 11 is 0. The van der Waals surface area contributed by atoms with Gasteiger partial charge in [-0.25, -0.2) is 4.39 Å². The number of amides is 1. The van der Waals surface area contributed by atoms with Gasteiger partial charge in [-0.05, 0) is 37.1 Å². The monoisotopic (exact) mass is 290 g/mol. The van der Waals surface area contributed by atoms with Crippen LogP contribution in [0.3, 0.4) is 0 Å². The molecule has 0 saturated carbocycles. The molecule has 1 aromatic rings. The second-order valence-corrected chi connectivity index (χ2v) is 4.64. The minimum absolute atomic E-state index is 0.0816. The van der Waals surface area contributed by atoms with E-state index in [0.717, 1.165) is 5.56 Å². The lowest BCUT2D eigenvalue weighted by atomic mass is 10.1. The molecule has 0 radical (unpaired) electrons. The van der Waals surface area contributed by atoms with Crippen molar-refractivity contribution in [2.45, 2.75) is 20.4 Å². The standard InChI is InChI=1S/C16H19FN2O2/c1-5-13(7-6-12(3)17)10-19-9-11(2)8-14(16(19)21)15(20)18-4/h5-9H,1,10H2,2-4H3,(H,18,20)/b12-6+,13-7+. The maximum atomic E-state index is 12.8. The summed E-state index contributed by atoms with van der Waals surface area (Å²) in [6.45, 7) is 7.00. The fraction of sp³-hybridized carbons (Fsp3) is 0.250. The van der Waals surface area contributed by atoms with E-state index in [4.69, 9.17) is 0 Å². The Morgan fingerprint density at radius 2 is 2.14 bits per heavy atom. The summed E-state index contributed by atoms with van der Waals surface area (Å²) in [4.78, 5) is 24.0. The van der Waals surface area contributed by atoms with Gasteiger partial charge in [0.2, 0.25) is 0 Å². The molecule has 0 saturated heterocycles. The number of allylic oxidation sites excluding steroid dienone is 5. The minimum Gasteiger partial charge on any atom is -0.355 e. The molecule has 0 bridgehead atoms. The third-order valence-electron chi connectivity index (χ3n) is 2.84. The van der Waals surface area contributed by atoms with Crippen LogP contribution in [0, 0.1) is 6.92 Å². The van der Waals surface area contributed by atoms with Crippen molar-refractivity contribution in [3.63, 3.8) is 0 Å². The SMILES string of the molecule is C=C/C(=C\C=C(/C)F)Cn1cc(C)cc(C(=O)NC)c1=O. The summed E-state index contributed by atoms with van der Waals surface area (Å²) in [5, 5.41) is 2.44. The van der Waals surface area contributed by atoms with Gasteiger partial charge in [0, 0.05) is 13.2 Å². The highest BCUT2D eigenvalue weighted by atomic mass is 19.1. The number of halogens is 1. The van der Waals surface area contributed by atoms with E-state index < -0.39 is 11.5 Å². The molecule has 0 aromatic carbocycles. The number of hydrogen-bond donors (Lipinski definition) is 1. The van der Waals surface area contributed by atoms with E-state index in [1.807, 2.05) is 0 Å². The average Bonchev–Trinajstić information content (AvgIpc) is 2.45. The normalized spacial score (nSPS) is 12.2. The highest BCUT2D eigenvalue weighted by Crippen LogP contribution is 2.06. The Kier molecular flexibility index (Phi) is 5.84. The molecule has 0 atom stereocenters. The molecule has 0 aliphatic rings. The summed E-state index contributed by atoms with van der Waals surface area (Å²) < 4.78 is 14.2. The van der Waals surface area contributed by atoms with Crippen LogP contribution in [0.5, 0.6) is 0 Å². The maximum absolute atomic E-state index is 12.8. The zero-order valence-corrected chi connectivity index (χ0v) is 12.4. The Bertz CT molecular complexity index is 665. The van der Waals surface area contributed by atoms with Crippen LogP contribution in [0.4, 0.5) is 4.39 Å². The Labute approximate surface area is 123 Å².